The fourth-order valence-electron chi connectivity index (χ4n) is 5.45. The minimum atomic E-state index is -0.889. The number of nitrogens with one attached hydrogen (secondary N) is 1. The van der Waals surface area contributed by atoms with Crippen LogP contribution in [-0.2, 0) is 14.3 Å². The highest BCUT2D eigenvalue weighted by molar-refractivity contribution is 5.81. The summed E-state index contributed by atoms with van der Waals surface area (Å²) in [6.07, 6.45) is 3.39. The topological polar surface area (TPSA) is 95.9 Å². The van der Waals surface area contributed by atoms with Gasteiger partial charge in [-0.3, -0.25) is 9.59 Å². The van der Waals surface area contributed by atoms with Crippen LogP contribution < -0.4 is 5.32 Å². The first-order chi connectivity index (χ1) is 16.5. The van der Waals surface area contributed by atoms with E-state index < -0.39 is 12.1 Å². The summed E-state index contributed by atoms with van der Waals surface area (Å²) in [6, 6.07) is 16.5. The molecule has 178 valence electrons. The van der Waals surface area contributed by atoms with E-state index in [0.29, 0.717) is 12.8 Å². The molecule has 0 radical (unpaired) electrons. The molecule has 0 heterocycles. The standard InChI is InChI=1S/C27H30N2O5/c30-25(31)13-14-29(19-11-12-19)26(32)17-9-10-18(15-17)28-27(33)34-16-24-22-7-3-1-5-20(22)21-6-2-4-8-23(21)24/h1-8,17-19,24H,9-16H2,(H,28,33)(H,30,31). The zero-order valence-corrected chi connectivity index (χ0v) is 19.1. The highest BCUT2D eigenvalue weighted by Gasteiger charge is 2.39. The first-order valence-corrected chi connectivity index (χ1v) is 12.1. The van der Waals surface area contributed by atoms with Gasteiger partial charge in [-0.1, -0.05) is 48.5 Å². The lowest BCUT2D eigenvalue weighted by molar-refractivity contribution is -0.140. The van der Waals surface area contributed by atoms with Crippen molar-refractivity contribution in [2.24, 2.45) is 5.92 Å². The van der Waals surface area contributed by atoms with Crippen LogP contribution in [0.2, 0.25) is 0 Å². The molecule has 2 aromatic rings. The second kappa shape index (κ2) is 9.49. The summed E-state index contributed by atoms with van der Waals surface area (Å²) in [7, 11) is 0. The highest BCUT2D eigenvalue weighted by atomic mass is 16.5. The van der Waals surface area contributed by atoms with E-state index in [1.807, 2.05) is 24.3 Å². The van der Waals surface area contributed by atoms with Crippen molar-refractivity contribution in [3.63, 3.8) is 0 Å². The molecular weight excluding hydrogens is 432 g/mol. The number of carboxylic acids is 1. The summed E-state index contributed by atoms with van der Waals surface area (Å²) in [6.45, 7) is 0.527. The number of ether oxygens (including phenoxy) is 1. The molecule has 0 spiro atoms. The van der Waals surface area contributed by atoms with E-state index in [2.05, 4.69) is 29.6 Å². The molecule has 2 atom stereocenters. The van der Waals surface area contributed by atoms with Crippen LogP contribution in [0.4, 0.5) is 4.79 Å². The fraction of sp³-hybridized carbons (Fsp3) is 0.444. The Hall–Kier alpha value is -3.35. The van der Waals surface area contributed by atoms with E-state index >= 15 is 0 Å². The van der Waals surface area contributed by atoms with Gasteiger partial charge in [0.25, 0.3) is 0 Å². The predicted molar refractivity (Wildman–Crippen MR) is 126 cm³/mol. The lowest BCUT2D eigenvalue weighted by atomic mass is 9.98. The van der Waals surface area contributed by atoms with Crippen molar-refractivity contribution in [1.29, 1.82) is 0 Å². The van der Waals surface area contributed by atoms with E-state index in [-0.39, 0.29) is 49.4 Å². The zero-order chi connectivity index (χ0) is 23.7. The average molecular weight is 463 g/mol. The highest BCUT2D eigenvalue weighted by Crippen LogP contribution is 2.44. The van der Waals surface area contributed by atoms with Crippen molar-refractivity contribution < 1.29 is 24.2 Å². The number of aliphatic carboxylic acids is 1. The Labute approximate surface area is 199 Å². The van der Waals surface area contributed by atoms with E-state index in [4.69, 9.17) is 9.84 Å². The number of hydrogen-bond donors (Lipinski definition) is 2. The fourth-order valence-corrected chi connectivity index (χ4v) is 5.45. The summed E-state index contributed by atoms with van der Waals surface area (Å²) in [5, 5.41) is 11.9. The molecule has 2 aromatic carbocycles. The summed E-state index contributed by atoms with van der Waals surface area (Å²) >= 11 is 0. The number of hydrogen-bond acceptors (Lipinski definition) is 4. The monoisotopic (exact) mass is 462 g/mol. The van der Waals surface area contributed by atoms with Crippen LogP contribution in [0.3, 0.4) is 0 Å². The third-order valence-corrected chi connectivity index (χ3v) is 7.28. The van der Waals surface area contributed by atoms with Gasteiger partial charge in [0.15, 0.2) is 0 Å². The largest absolute Gasteiger partial charge is 0.481 e. The van der Waals surface area contributed by atoms with E-state index in [9.17, 15) is 14.4 Å². The number of amides is 2. The molecule has 2 fully saturated rings. The predicted octanol–water partition coefficient (Wildman–Crippen LogP) is 4.16. The smallest absolute Gasteiger partial charge is 0.407 e. The molecule has 34 heavy (non-hydrogen) atoms. The first kappa shape index (κ1) is 22.4. The maximum atomic E-state index is 13.0. The Bertz CT molecular complexity index is 1050. The van der Waals surface area contributed by atoms with E-state index in [0.717, 1.165) is 19.3 Å². The molecule has 2 amide bonds. The van der Waals surface area contributed by atoms with Gasteiger partial charge < -0.3 is 20.1 Å². The van der Waals surface area contributed by atoms with Gasteiger partial charge in [0.05, 0.1) is 6.42 Å². The van der Waals surface area contributed by atoms with Gasteiger partial charge in [0, 0.05) is 30.5 Å². The molecule has 3 aliphatic rings. The number of carbonyl (C=O) groups excluding carboxylic acids is 2. The summed E-state index contributed by atoms with van der Waals surface area (Å²) in [5.41, 5.74) is 4.72. The second-order valence-electron chi connectivity index (χ2n) is 9.58. The Morgan fingerprint density at radius 3 is 2.21 bits per heavy atom. The van der Waals surface area contributed by atoms with Crippen molar-refractivity contribution in [3.8, 4) is 11.1 Å². The van der Waals surface area contributed by atoms with Crippen LogP contribution in [-0.4, -0.2) is 53.2 Å². The van der Waals surface area contributed by atoms with Crippen LogP contribution in [0.5, 0.6) is 0 Å². The molecule has 2 N–H and O–H groups in total. The Morgan fingerprint density at radius 2 is 1.59 bits per heavy atom. The van der Waals surface area contributed by atoms with Crippen molar-refractivity contribution in [3.05, 3.63) is 59.7 Å². The number of benzene rings is 2. The summed E-state index contributed by atoms with van der Waals surface area (Å²) in [4.78, 5) is 38.3. The average Bonchev–Trinajstić information content (AvgIpc) is 3.47. The number of nitrogens with zero attached hydrogens (tertiary/aromatic N) is 1. The first-order valence-electron chi connectivity index (χ1n) is 12.1. The van der Waals surface area contributed by atoms with Gasteiger partial charge in [-0.05, 0) is 54.4 Å². The van der Waals surface area contributed by atoms with Crippen molar-refractivity contribution in [2.45, 2.75) is 56.5 Å². The molecule has 0 saturated heterocycles. The molecule has 3 aliphatic carbocycles. The van der Waals surface area contributed by atoms with Crippen LogP contribution in [0.25, 0.3) is 11.1 Å². The maximum Gasteiger partial charge on any atom is 0.407 e. The van der Waals surface area contributed by atoms with Gasteiger partial charge in [-0.15, -0.1) is 0 Å². The minimum Gasteiger partial charge on any atom is -0.481 e. The SMILES string of the molecule is O=C(O)CCN(C(=O)C1CCC(NC(=O)OCC2c3ccccc3-c3ccccc32)C1)C1CC1. The van der Waals surface area contributed by atoms with Gasteiger partial charge in [-0.2, -0.15) is 0 Å². The second-order valence-corrected chi connectivity index (χ2v) is 9.58. The third kappa shape index (κ3) is 4.65. The van der Waals surface area contributed by atoms with E-state index in [1.165, 1.54) is 22.3 Å². The number of carboxylic acid groups (broad SMARTS) is 1. The normalized spacial score (nSPS) is 20.9. The lowest BCUT2D eigenvalue weighted by Gasteiger charge is -2.25. The number of fused-ring (bicyclic) bond motifs is 3. The third-order valence-electron chi connectivity index (χ3n) is 7.28. The van der Waals surface area contributed by atoms with E-state index in [1.54, 1.807) is 4.90 Å². The number of carbonyl (C=O) groups is 3. The molecule has 2 saturated carbocycles. The van der Waals surface area contributed by atoms with Crippen LogP contribution in [0.15, 0.2) is 48.5 Å². The van der Waals surface area contributed by atoms with Crippen LogP contribution in [0, 0.1) is 5.92 Å². The summed E-state index contributed by atoms with van der Waals surface area (Å²) in [5.74, 6) is -1.02. The van der Waals surface area contributed by atoms with Gasteiger partial charge in [0.2, 0.25) is 5.91 Å². The van der Waals surface area contributed by atoms with Crippen molar-refractivity contribution in [2.75, 3.05) is 13.2 Å². The molecular formula is C27H30N2O5. The Morgan fingerprint density at radius 1 is 0.941 bits per heavy atom. The lowest BCUT2D eigenvalue weighted by Crippen LogP contribution is -2.40. The molecule has 7 heteroatoms. The van der Waals surface area contributed by atoms with Gasteiger partial charge >= 0.3 is 12.1 Å². The zero-order valence-electron chi connectivity index (χ0n) is 19.1. The molecule has 0 bridgehead atoms. The minimum absolute atomic E-state index is 0.0115. The van der Waals surface area contributed by atoms with Crippen molar-refractivity contribution in [1.82, 2.24) is 10.2 Å². The van der Waals surface area contributed by atoms with Crippen LogP contribution in [0.1, 0.15) is 55.6 Å². The number of alkyl carbamates (subject to hydrolysis) is 1. The van der Waals surface area contributed by atoms with Gasteiger partial charge in [0.1, 0.15) is 6.61 Å². The van der Waals surface area contributed by atoms with Crippen molar-refractivity contribution >= 4 is 18.0 Å². The molecule has 7 nitrogen and oxygen atoms in total. The maximum absolute atomic E-state index is 13.0. The van der Waals surface area contributed by atoms with Crippen LogP contribution >= 0.6 is 0 Å². The molecule has 0 aromatic heterocycles. The summed E-state index contributed by atoms with van der Waals surface area (Å²) < 4.78 is 5.65. The Balaban J connectivity index is 1.14. The Kier molecular flexibility index (Phi) is 6.26. The number of rotatable bonds is 8. The molecule has 2 unspecified atom stereocenters. The quantitative estimate of drug-likeness (QED) is 0.614. The molecule has 5 rings (SSSR count). The van der Waals surface area contributed by atoms with Gasteiger partial charge in [-0.25, -0.2) is 4.79 Å². The molecule has 0 aliphatic heterocycles.